The largest absolute Gasteiger partial charge is 0.473 e. The molecule has 0 saturated carbocycles. The molecule has 6 heteroatoms. The summed E-state index contributed by atoms with van der Waals surface area (Å²) in [4.78, 5) is 10.4. The predicted octanol–water partition coefficient (Wildman–Crippen LogP) is 3.03. The number of halogens is 2. The maximum absolute atomic E-state index is 13.0. The van der Waals surface area contributed by atoms with Crippen molar-refractivity contribution in [2.75, 3.05) is 13.1 Å². The zero-order valence-electron chi connectivity index (χ0n) is 11.4. The molecule has 0 spiro atoms. The first-order chi connectivity index (χ1) is 10.2. The van der Waals surface area contributed by atoms with Gasteiger partial charge in [-0.1, -0.05) is 6.07 Å². The summed E-state index contributed by atoms with van der Waals surface area (Å²) in [6.07, 6.45) is 2.76. The van der Waals surface area contributed by atoms with Crippen LogP contribution in [0.4, 0.5) is 4.39 Å². The lowest BCUT2D eigenvalue weighted by molar-refractivity contribution is 0.189. The number of pyridine rings is 2. The van der Waals surface area contributed by atoms with Crippen molar-refractivity contribution in [3.63, 3.8) is 0 Å². The SMILES string of the molecule is Fc1cccc(OC2CCN(Cc3ccc(Br)cn3)C2)n1. The number of nitrogens with zero attached hydrogens (tertiary/aromatic N) is 3. The van der Waals surface area contributed by atoms with Crippen LogP contribution in [0.2, 0.25) is 0 Å². The standard InChI is InChI=1S/C15H15BrFN3O/c16-11-4-5-12(18-8-11)9-20-7-6-13(10-20)21-15-3-1-2-14(17)19-15/h1-5,8,13H,6-7,9-10H2. The second-order valence-corrected chi connectivity index (χ2v) is 5.95. The predicted molar refractivity (Wildman–Crippen MR) is 80.4 cm³/mol. The van der Waals surface area contributed by atoms with Crippen LogP contribution in [-0.2, 0) is 6.54 Å². The van der Waals surface area contributed by atoms with E-state index in [1.165, 1.54) is 6.07 Å². The Hall–Kier alpha value is -1.53. The van der Waals surface area contributed by atoms with Crippen molar-refractivity contribution in [1.29, 1.82) is 0 Å². The zero-order valence-corrected chi connectivity index (χ0v) is 13.0. The van der Waals surface area contributed by atoms with Gasteiger partial charge in [0.15, 0.2) is 0 Å². The van der Waals surface area contributed by atoms with Crippen molar-refractivity contribution in [2.45, 2.75) is 19.1 Å². The summed E-state index contributed by atoms with van der Waals surface area (Å²) in [5.41, 5.74) is 1.03. The number of aromatic nitrogens is 2. The van der Waals surface area contributed by atoms with Gasteiger partial charge in [0.2, 0.25) is 11.8 Å². The Morgan fingerprint density at radius 3 is 3.00 bits per heavy atom. The van der Waals surface area contributed by atoms with Crippen molar-refractivity contribution in [3.05, 3.63) is 52.6 Å². The van der Waals surface area contributed by atoms with E-state index < -0.39 is 5.95 Å². The molecule has 1 aliphatic rings. The maximum Gasteiger partial charge on any atom is 0.216 e. The minimum atomic E-state index is -0.513. The van der Waals surface area contributed by atoms with E-state index in [9.17, 15) is 4.39 Å². The lowest BCUT2D eigenvalue weighted by atomic mass is 10.3. The molecule has 110 valence electrons. The number of likely N-dealkylation sites (tertiary alicyclic amines) is 1. The molecule has 1 saturated heterocycles. The van der Waals surface area contributed by atoms with Crippen LogP contribution in [0.5, 0.6) is 5.88 Å². The van der Waals surface area contributed by atoms with Gasteiger partial charge in [0.05, 0.1) is 5.69 Å². The van der Waals surface area contributed by atoms with E-state index in [0.717, 1.165) is 36.2 Å². The van der Waals surface area contributed by atoms with Gasteiger partial charge in [-0.3, -0.25) is 9.88 Å². The molecule has 1 fully saturated rings. The average Bonchev–Trinajstić information content (AvgIpc) is 2.89. The molecule has 0 aromatic carbocycles. The molecule has 3 rings (SSSR count). The molecule has 0 amide bonds. The summed E-state index contributed by atoms with van der Waals surface area (Å²) in [7, 11) is 0. The summed E-state index contributed by atoms with van der Waals surface area (Å²) in [5, 5.41) is 0. The summed E-state index contributed by atoms with van der Waals surface area (Å²) in [6.45, 7) is 2.54. The highest BCUT2D eigenvalue weighted by Crippen LogP contribution is 2.18. The maximum atomic E-state index is 13.0. The molecule has 0 bridgehead atoms. The molecule has 2 aromatic heterocycles. The van der Waals surface area contributed by atoms with Gasteiger partial charge in [0.25, 0.3) is 0 Å². The second kappa shape index (κ2) is 6.49. The van der Waals surface area contributed by atoms with Crippen LogP contribution in [0.25, 0.3) is 0 Å². The lowest BCUT2D eigenvalue weighted by Crippen LogP contribution is -2.25. The topological polar surface area (TPSA) is 38.2 Å². The minimum Gasteiger partial charge on any atom is -0.473 e. The molecule has 3 heterocycles. The van der Waals surface area contributed by atoms with Crippen molar-refractivity contribution in [1.82, 2.24) is 14.9 Å². The zero-order chi connectivity index (χ0) is 14.7. The van der Waals surface area contributed by atoms with Crippen molar-refractivity contribution < 1.29 is 9.13 Å². The summed E-state index contributed by atoms with van der Waals surface area (Å²) in [6, 6.07) is 8.60. The molecule has 0 aliphatic carbocycles. The van der Waals surface area contributed by atoms with Gasteiger partial charge in [0.1, 0.15) is 6.10 Å². The molecule has 1 atom stereocenters. The third kappa shape index (κ3) is 3.98. The fourth-order valence-electron chi connectivity index (χ4n) is 2.39. The molecule has 21 heavy (non-hydrogen) atoms. The molecule has 4 nitrogen and oxygen atoms in total. The summed E-state index contributed by atoms with van der Waals surface area (Å²) < 4.78 is 19.7. The molecular formula is C15H15BrFN3O. The molecule has 1 unspecified atom stereocenters. The van der Waals surface area contributed by atoms with E-state index in [1.807, 2.05) is 12.1 Å². The number of hydrogen-bond acceptors (Lipinski definition) is 4. The van der Waals surface area contributed by atoms with Crippen LogP contribution in [0.1, 0.15) is 12.1 Å². The fraction of sp³-hybridized carbons (Fsp3) is 0.333. The fourth-order valence-corrected chi connectivity index (χ4v) is 2.63. The lowest BCUT2D eigenvalue weighted by Gasteiger charge is -2.16. The first kappa shape index (κ1) is 14.4. The molecule has 2 aromatic rings. The average molecular weight is 352 g/mol. The number of rotatable bonds is 4. The van der Waals surface area contributed by atoms with E-state index in [-0.39, 0.29) is 6.10 Å². The van der Waals surface area contributed by atoms with Crippen LogP contribution in [0.15, 0.2) is 41.0 Å². The van der Waals surface area contributed by atoms with Gasteiger partial charge in [-0.15, -0.1) is 0 Å². The first-order valence-electron chi connectivity index (χ1n) is 6.81. The number of ether oxygens (including phenoxy) is 1. The Balaban J connectivity index is 1.54. The summed E-state index contributed by atoms with van der Waals surface area (Å²) >= 11 is 3.38. The molecule has 0 N–H and O–H groups in total. The third-order valence-electron chi connectivity index (χ3n) is 3.38. The van der Waals surface area contributed by atoms with Crippen LogP contribution >= 0.6 is 15.9 Å². The first-order valence-corrected chi connectivity index (χ1v) is 7.60. The monoisotopic (exact) mass is 351 g/mol. The second-order valence-electron chi connectivity index (χ2n) is 5.03. The molecule has 1 aliphatic heterocycles. The van der Waals surface area contributed by atoms with E-state index in [1.54, 1.807) is 18.3 Å². The highest BCUT2D eigenvalue weighted by atomic mass is 79.9. The Morgan fingerprint density at radius 1 is 1.33 bits per heavy atom. The highest BCUT2D eigenvalue weighted by molar-refractivity contribution is 9.10. The van der Waals surface area contributed by atoms with Gasteiger partial charge in [-0.2, -0.15) is 9.37 Å². The molecular weight excluding hydrogens is 337 g/mol. The van der Waals surface area contributed by atoms with Crippen LogP contribution in [0, 0.1) is 5.95 Å². The van der Waals surface area contributed by atoms with Gasteiger partial charge >= 0.3 is 0 Å². The van der Waals surface area contributed by atoms with Gasteiger partial charge in [-0.25, -0.2) is 0 Å². The van der Waals surface area contributed by atoms with Crippen molar-refractivity contribution in [2.24, 2.45) is 0 Å². The Bertz CT molecular complexity index is 608. The van der Waals surface area contributed by atoms with Crippen LogP contribution < -0.4 is 4.74 Å². The highest BCUT2D eigenvalue weighted by Gasteiger charge is 2.24. The van der Waals surface area contributed by atoms with E-state index in [0.29, 0.717) is 5.88 Å². The summed E-state index contributed by atoms with van der Waals surface area (Å²) in [5.74, 6) is -0.162. The van der Waals surface area contributed by atoms with Gasteiger partial charge < -0.3 is 4.74 Å². The van der Waals surface area contributed by atoms with Crippen molar-refractivity contribution in [3.8, 4) is 5.88 Å². The Morgan fingerprint density at radius 2 is 2.24 bits per heavy atom. The Labute approximate surface area is 131 Å². The van der Waals surface area contributed by atoms with E-state index >= 15 is 0 Å². The quantitative estimate of drug-likeness (QED) is 0.793. The third-order valence-corrected chi connectivity index (χ3v) is 3.85. The normalized spacial score (nSPS) is 18.9. The smallest absolute Gasteiger partial charge is 0.216 e. The number of hydrogen-bond donors (Lipinski definition) is 0. The minimum absolute atomic E-state index is 0.0507. The van der Waals surface area contributed by atoms with Crippen molar-refractivity contribution >= 4 is 15.9 Å². The van der Waals surface area contributed by atoms with Gasteiger partial charge in [-0.05, 0) is 40.5 Å². The Kier molecular flexibility index (Phi) is 4.45. The van der Waals surface area contributed by atoms with Crippen LogP contribution in [0.3, 0.4) is 0 Å². The van der Waals surface area contributed by atoms with Gasteiger partial charge in [0, 0.05) is 36.4 Å². The van der Waals surface area contributed by atoms with E-state index in [4.69, 9.17) is 4.74 Å². The van der Waals surface area contributed by atoms with Crippen LogP contribution in [-0.4, -0.2) is 34.1 Å². The van der Waals surface area contributed by atoms with E-state index in [2.05, 4.69) is 30.8 Å². The molecule has 0 radical (unpaired) electrons.